The Balaban J connectivity index is 2.55. The van der Waals surface area contributed by atoms with Gasteiger partial charge in [-0.25, -0.2) is 0 Å². The summed E-state index contributed by atoms with van der Waals surface area (Å²) in [4.78, 5) is 24.4. The van der Waals surface area contributed by atoms with Crippen molar-refractivity contribution in [3.63, 3.8) is 0 Å². The number of nitrogens with zero attached hydrogens (tertiary/aromatic N) is 1. The van der Waals surface area contributed by atoms with Gasteiger partial charge >= 0.3 is 0 Å². The normalized spacial score (nSPS) is 9.94. The summed E-state index contributed by atoms with van der Waals surface area (Å²) >= 11 is 0. The van der Waals surface area contributed by atoms with Crippen LogP contribution in [0.25, 0.3) is 0 Å². The third-order valence-corrected chi connectivity index (χ3v) is 2.70. The molecular weight excluding hydrogens is 230 g/mol. The molecule has 3 N–H and O–H groups in total. The van der Waals surface area contributed by atoms with E-state index in [-0.39, 0.29) is 18.4 Å². The fraction of sp³-hybridized carbons (Fsp3) is 0.385. The van der Waals surface area contributed by atoms with Crippen LogP contribution < -0.4 is 11.1 Å². The molecule has 2 amide bonds. The Morgan fingerprint density at radius 2 is 1.78 bits per heavy atom. The molecule has 0 aliphatic heterocycles. The molecule has 0 saturated heterocycles. The molecule has 0 aliphatic carbocycles. The molecular formula is C13H19N3O2. The van der Waals surface area contributed by atoms with Gasteiger partial charge in [-0.15, -0.1) is 0 Å². The van der Waals surface area contributed by atoms with E-state index in [1.54, 1.807) is 14.1 Å². The standard InChI is InChI=1S/C13H19N3O2/c1-15-12(17)9-16(2)13(18)7-10-3-5-11(8-14)6-4-10/h3-6H,7-9,14H2,1-2H3,(H,15,17). The van der Waals surface area contributed by atoms with Crippen LogP contribution in [0.15, 0.2) is 24.3 Å². The molecule has 0 radical (unpaired) electrons. The minimum absolute atomic E-state index is 0.0796. The first-order chi connectivity index (χ1) is 8.56. The van der Waals surface area contributed by atoms with Crippen LogP contribution in [0.3, 0.4) is 0 Å². The van der Waals surface area contributed by atoms with Gasteiger partial charge in [-0.3, -0.25) is 9.59 Å². The van der Waals surface area contributed by atoms with E-state index in [1.165, 1.54) is 4.90 Å². The first-order valence-corrected chi connectivity index (χ1v) is 5.79. The summed E-state index contributed by atoms with van der Waals surface area (Å²) in [6.07, 6.45) is 0.290. The lowest BCUT2D eigenvalue weighted by atomic mass is 10.1. The number of hydrogen-bond donors (Lipinski definition) is 2. The van der Waals surface area contributed by atoms with Gasteiger partial charge in [0.05, 0.1) is 13.0 Å². The summed E-state index contributed by atoms with van der Waals surface area (Å²) < 4.78 is 0. The summed E-state index contributed by atoms with van der Waals surface area (Å²) in [6, 6.07) is 7.57. The van der Waals surface area contributed by atoms with Gasteiger partial charge in [0, 0.05) is 20.6 Å². The lowest BCUT2D eigenvalue weighted by Crippen LogP contribution is -2.37. The molecule has 0 spiro atoms. The zero-order chi connectivity index (χ0) is 13.5. The maximum atomic E-state index is 11.8. The largest absolute Gasteiger partial charge is 0.358 e. The molecule has 0 heterocycles. The van der Waals surface area contributed by atoms with Crippen LogP contribution >= 0.6 is 0 Å². The molecule has 0 saturated carbocycles. The van der Waals surface area contributed by atoms with E-state index < -0.39 is 0 Å². The number of amides is 2. The van der Waals surface area contributed by atoms with Gasteiger partial charge < -0.3 is 16.0 Å². The summed E-state index contributed by atoms with van der Waals surface area (Å²) in [7, 11) is 3.16. The predicted octanol–water partition coefficient (Wildman–Crippen LogP) is -0.108. The second-order valence-electron chi connectivity index (χ2n) is 4.12. The minimum Gasteiger partial charge on any atom is -0.358 e. The third-order valence-electron chi connectivity index (χ3n) is 2.70. The molecule has 0 unspecified atom stereocenters. The third kappa shape index (κ3) is 4.18. The Bertz CT molecular complexity index is 415. The lowest BCUT2D eigenvalue weighted by molar-refractivity contribution is -0.134. The fourth-order valence-electron chi connectivity index (χ4n) is 1.49. The molecule has 0 atom stereocenters. The van der Waals surface area contributed by atoms with Crippen LogP contribution in [0.2, 0.25) is 0 Å². The maximum absolute atomic E-state index is 11.8. The zero-order valence-electron chi connectivity index (χ0n) is 10.8. The highest BCUT2D eigenvalue weighted by Gasteiger charge is 2.12. The molecule has 1 aromatic rings. The SMILES string of the molecule is CNC(=O)CN(C)C(=O)Cc1ccc(CN)cc1. The molecule has 0 aromatic heterocycles. The van der Waals surface area contributed by atoms with E-state index in [1.807, 2.05) is 24.3 Å². The van der Waals surface area contributed by atoms with Crippen molar-refractivity contribution in [3.05, 3.63) is 35.4 Å². The number of nitrogens with two attached hydrogens (primary N) is 1. The first kappa shape index (κ1) is 14.2. The van der Waals surface area contributed by atoms with Gasteiger partial charge in [0.15, 0.2) is 0 Å². The van der Waals surface area contributed by atoms with Crippen LogP contribution in [-0.2, 0) is 22.6 Å². The number of benzene rings is 1. The quantitative estimate of drug-likeness (QED) is 0.764. The molecule has 0 fully saturated rings. The zero-order valence-corrected chi connectivity index (χ0v) is 10.8. The lowest BCUT2D eigenvalue weighted by Gasteiger charge is -2.16. The second kappa shape index (κ2) is 6.76. The predicted molar refractivity (Wildman–Crippen MR) is 69.7 cm³/mol. The second-order valence-corrected chi connectivity index (χ2v) is 4.12. The Morgan fingerprint density at radius 1 is 1.22 bits per heavy atom. The Hall–Kier alpha value is -1.88. The van der Waals surface area contributed by atoms with Crippen molar-refractivity contribution in [2.24, 2.45) is 5.73 Å². The molecule has 98 valence electrons. The van der Waals surface area contributed by atoms with E-state index in [2.05, 4.69) is 5.32 Å². The van der Waals surface area contributed by atoms with Crippen molar-refractivity contribution in [3.8, 4) is 0 Å². The first-order valence-electron chi connectivity index (χ1n) is 5.79. The van der Waals surface area contributed by atoms with Crippen LogP contribution in [0.4, 0.5) is 0 Å². The molecule has 0 bridgehead atoms. The van der Waals surface area contributed by atoms with Crippen LogP contribution in [-0.4, -0.2) is 37.4 Å². The van der Waals surface area contributed by atoms with Crippen LogP contribution in [0.5, 0.6) is 0 Å². The van der Waals surface area contributed by atoms with Gasteiger partial charge in [0.1, 0.15) is 0 Å². The monoisotopic (exact) mass is 249 g/mol. The van der Waals surface area contributed by atoms with Crippen molar-refractivity contribution < 1.29 is 9.59 Å². The molecule has 18 heavy (non-hydrogen) atoms. The summed E-state index contributed by atoms with van der Waals surface area (Å²) in [5.74, 6) is -0.261. The smallest absolute Gasteiger partial charge is 0.239 e. The summed E-state index contributed by atoms with van der Waals surface area (Å²) in [5, 5.41) is 2.48. The topological polar surface area (TPSA) is 75.4 Å². The minimum atomic E-state index is -0.177. The van der Waals surface area contributed by atoms with Gasteiger partial charge in [0.25, 0.3) is 0 Å². The Labute approximate surface area is 107 Å². The molecule has 5 nitrogen and oxygen atoms in total. The van der Waals surface area contributed by atoms with E-state index in [0.717, 1.165) is 11.1 Å². The van der Waals surface area contributed by atoms with Gasteiger partial charge in [0.2, 0.25) is 11.8 Å². The number of nitrogens with one attached hydrogen (secondary N) is 1. The van der Waals surface area contributed by atoms with Gasteiger partial charge in [-0.2, -0.15) is 0 Å². The molecule has 1 rings (SSSR count). The average molecular weight is 249 g/mol. The Kier molecular flexibility index (Phi) is 5.32. The molecule has 0 aliphatic rings. The number of carbonyl (C=O) groups is 2. The van der Waals surface area contributed by atoms with Crippen molar-refractivity contribution in [1.82, 2.24) is 10.2 Å². The van der Waals surface area contributed by atoms with Gasteiger partial charge in [-0.05, 0) is 11.1 Å². The molecule has 1 aromatic carbocycles. The highest BCUT2D eigenvalue weighted by molar-refractivity contribution is 5.85. The van der Waals surface area contributed by atoms with Crippen molar-refractivity contribution in [1.29, 1.82) is 0 Å². The van der Waals surface area contributed by atoms with Gasteiger partial charge in [-0.1, -0.05) is 24.3 Å². The maximum Gasteiger partial charge on any atom is 0.239 e. The number of likely N-dealkylation sites (N-methyl/N-ethyl adjacent to an activating group) is 2. The number of carbonyl (C=O) groups excluding carboxylic acids is 2. The van der Waals surface area contributed by atoms with Crippen molar-refractivity contribution >= 4 is 11.8 Å². The number of rotatable bonds is 5. The fourth-order valence-corrected chi connectivity index (χ4v) is 1.49. The van der Waals surface area contributed by atoms with E-state index in [9.17, 15) is 9.59 Å². The van der Waals surface area contributed by atoms with Crippen molar-refractivity contribution in [2.45, 2.75) is 13.0 Å². The number of hydrogen-bond acceptors (Lipinski definition) is 3. The highest BCUT2D eigenvalue weighted by Crippen LogP contribution is 2.05. The highest BCUT2D eigenvalue weighted by atomic mass is 16.2. The summed E-state index contributed by atoms with van der Waals surface area (Å²) in [6.45, 7) is 0.570. The van der Waals surface area contributed by atoms with E-state index >= 15 is 0 Å². The van der Waals surface area contributed by atoms with Crippen molar-refractivity contribution in [2.75, 3.05) is 20.6 Å². The average Bonchev–Trinajstić information content (AvgIpc) is 2.39. The Morgan fingerprint density at radius 3 is 2.28 bits per heavy atom. The molecule has 5 heteroatoms. The van der Waals surface area contributed by atoms with E-state index in [4.69, 9.17) is 5.73 Å². The van der Waals surface area contributed by atoms with E-state index in [0.29, 0.717) is 13.0 Å². The summed E-state index contributed by atoms with van der Waals surface area (Å²) in [5.41, 5.74) is 7.45. The van der Waals surface area contributed by atoms with Crippen LogP contribution in [0.1, 0.15) is 11.1 Å². The van der Waals surface area contributed by atoms with Crippen LogP contribution in [0, 0.1) is 0 Å².